The average molecular weight is 857 g/mol. The summed E-state index contributed by atoms with van der Waals surface area (Å²) >= 11 is 0. The van der Waals surface area contributed by atoms with Crippen LogP contribution in [0, 0.1) is 22.7 Å². The number of hydrogen-bond acceptors (Lipinski definition) is 8. The normalized spacial score (nSPS) is 14.4. The van der Waals surface area contributed by atoms with E-state index in [2.05, 4.69) is 15.0 Å². The van der Waals surface area contributed by atoms with Crippen LogP contribution in [0.25, 0.3) is 11.4 Å². The minimum Gasteiger partial charge on any atom is 2.00 e. The van der Waals surface area contributed by atoms with Crippen LogP contribution in [0.1, 0.15) is 43.8 Å². The van der Waals surface area contributed by atoms with E-state index in [1.165, 1.54) is 26.7 Å². The van der Waals surface area contributed by atoms with Crippen molar-refractivity contribution in [3.8, 4) is 23.5 Å². The minimum absolute atomic E-state index is 0. The van der Waals surface area contributed by atoms with Crippen LogP contribution in [0.15, 0.2) is 91.4 Å². The van der Waals surface area contributed by atoms with Gasteiger partial charge in [-0.3, -0.25) is 15.0 Å². The summed E-state index contributed by atoms with van der Waals surface area (Å²) in [6, 6.07) is 26.5. The van der Waals surface area contributed by atoms with Gasteiger partial charge in [0.2, 0.25) is 0 Å². The van der Waals surface area contributed by atoms with Crippen LogP contribution in [0.5, 0.6) is 0 Å². The third-order valence-electron chi connectivity index (χ3n) is 5.22. The maximum Gasteiger partial charge on any atom is 2.00 e. The second-order valence-electron chi connectivity index (χ2n) is 9.62. The maximum atomic E-state index is 9.87. The summed E-state index contributed by atoms with van der Waals surface area (Å²) in [5.41, 5.74) is 2.68. The SMILES string of the molecule is C1CCOC1.CC#N.CC#N.COC(c1ccccn1)(c1ccccn1)c1cccc(-c2ccccn2)n1.F[P-](F)(F)(F)(F)F.F[P-](F)(F)(F)(F)F.[Co+2]. The van der Waals surface area contributed by atoms with Gasteiger partial charge in [0.05, 0.1) is 40.6 Å². The molecular weight excluding hydrogens is 825 g/mol. The molecule has 0 amide bonds. The average Bonchev–Trinajstić information content (AvgIpc) is 3.62. The van der Waals surface area contributed by atoms with E-state index in [1.54, 1.807) is 37.8 Å². The van der Waals surface area contributed by atoms with Gasteiger partial charge < -0.3 is 9.47 Å². The minimum atomic E-state index is -10.7. The zero-order valence-electron chi connectivity index (χ0n) is 27.8. The van der Waals surface area contributed by atoms with Gasteiger partial charge in [-0.2, -0.15) is 10.5 Å². The first-order chi connectivity index (χ1) is 23.6. The summed E-state index contributed by atoms with van der Waals surface area (Å²) in [5.74, 6) is 0. The number of nitriles is 2. The van der Waals surface area contributed by atoms with Crippen molar-refractivity contribution >= 4 is 15.6 Å². The fourth-order valence-corrected chi connectivity index (χ4v) is 3.65. The summed E-state index contributed by atoms with van der Waals surface area (Å²) in [7, 11) is -19.7. The molecule has 0 unspecified atom stereocenters. The van der Waals surface area contributed by atoms with Crippen molar-refractivity contribution in [2.75, 3.05) is 20.3 Å². The number of pyridine rings is 4. The molecular formula is C30H32CoF12N6O2P2. The third kappa shape index (κ3) is 28.2. The number of aromatic nitrogens is 4. The second-order valence-corrected chi connectivity index (χ2v) is 13.5. The van der Waals surface area contributed by atoms with Crippen molar-refractivity contribution in [1.82, 2.24) is 19.9 Å². The molecule has 23 heteroatoms. The van der Waals surface area contributed by atoms with Gasteiger partial charge in [-0.05, 0) is 61.4 Å². The van der Waals surface area contributed by atoms with Crippen molar-refractivity contribution < 1.29 is 76.6 Å². The molecule has 297 valence electrons. The standard InChI is InChI=1S/C22H18N4O.C4H8O.2C2H3N.Co.2F6P/c1-27-22(19-11-3-6-15-24-19,20-12-4-7-16-25-20)21-13-8-10-18(26-21)17-9-2-5-14-23-17;1-2-4-5-3-1;2*1-2-3;;2*1-7(2,3,4,5)6/h2-16H,1H3;1-4H2;2*1H3;;;/q;;;;+2;2*-1. The van der Waals surface area contributed by atoms with E-state index in [1.807, 2.05) is 72.8 Å². The molecule has 1 fully saturated rings. The number of nitrogens with zero attached hydrogens (tertiary/aromatic N) is 6. The first kappa shape index (κ1) is 51.1. The smallest absolute Gasteiger partial charge is 2.00 e. The van der Waals surface area contributed by atoms with Gasteiger partial charge in [-0.1, -0.05) is 24.3 Å². The van der Waals surface area contributed by atoms with Crippen LogP contribution in [-0.4, -0.2) is 40.3 Å². The van der Waals surface area contributed by atoms with Crippen LogP contribution in [0.4, 0.5) is 50.4 Å². The molecule has 0 aromatic carbocycles. The van der Waals surface area contributed by atoms with E-state index >= 15 is 0 Å². The van der Waals surface area contributed by atoms with Gasteiger partial charge >= 0.3 is 82.8 Å². The van der Waals surface area contributed by atoms with Gasteiger partial charge in [0, 0.05) is 52.8 Å². The number of ether oxygens (including phenoxy) is 2. The second kappa shape index (κ2) is 19.4. The molecule has 0 N–H and O–H groups in total. The van der Waals surface area contributed by atoms with Gasteiger partial charge in [0.1, 0.15) is 0 Å². The first-order valence-electron chi connectivity index (χ1n) is 14.2. The van der Waals surface area contributed by atoms with Crippen molar-refractivity contribution in [2.24, 2.45) is 0 Å². The van der Waals surface area contributed by atoms with Crippen molar-refractivity contribution in [2.45, 2.75) is 32.3 Å². The molecule has 1 aliphatic heterocycles. The Labute approximate surface area is 306 Å². The fraction of sp³-hybridized carbons (Fsp3) is 0.267. The Bertz CT molecular complexity index is 1620. The maximum absolute atomic E-state index is 10.7. The Kier molecular flexibility index (Phi) is 18.7. The molecule has 0 atom stereocenters. The molecule has 1 radical (unpaired) electrons. The molecule has 4 aromatic rings. The molecule has 1 aliphatic rings. The van der Waals surface area contributed by atoms with Crippen LogP contribution < -0.4 is 0 Å². The van der Waals surface area contributed by atoms with E-state index in [0.29, 0.717) is 5.69 Å². The number of halogens is 12. The Morgan fingerprint density at radius 3 is 1.21 bits per heavy atom. The van der Waals surface area contributed by atoms with Crippen molar-refractivity contribution in [1.29, 1.82) is 10.5 Å². The predicted octanol–water partition coefficient (Wildman–Crippen LogP) is 12.5. The van der Waals surface area contributed by atoms with Crippen LogP contribution in [-0.2, 0) is 31.9 Å². The molecule has 1 saturated heterocycles. The molecule has 0 bridgehead atoms. The quantitative estimate of drug-likeness (QED) is 0.144. The molecule has 0 spiro atoms. The van der Waals surface area contributed by atoms with Gasteiger partial charge in [-0.15, -0.1) is 0 Å². The molecule has 8 nitrogen and oxygen atoms in total. The Balaban J connectivity index is 0. The van der Waals surface area contributed by atoms with Crippen LogP contribution in [0.2, 0.25) is 0 Å². The van der Waals surface area contributed by atoms with E-state index in [0.717, 1.165) is 36.0 Å². The van der Waals surface area contributed by atoms with Crippen molar-refractivity contribution in [3.63, 3.8) is 0 Å². The molecule has 4 aromatic heterocycles. The van der Waals surface area contributed by atoms with E-state index in [4.69, 9.17) is 25.0 Å². The number of hydrogen-bond donors (Lipinski definition) is 0. The summed E-state index contributed by atoms with van der Waals surface area (Å²) in [5, 5.41) is 14.6. The van der Waals surface area contributed by atoms with Gasteiger partial charge in [0.25, 0.3) is 0 Å². The topological polar surface area (TPSA) is 118 Å². The summed E-state index contributed by atoms with van der Waals surface area (Å²) in [4.78, 5) is 18.4. The largest absolute Gasteiger partial charge is 2.00 e. The predicted molar refractivity (Wildman–Crippen MR) is 173 cm³/mol. The summed E-state index contributed by atoms with van der Waals surface area (Å²) in [6.07, 6.45) is 7.80. The van der Waals surface area contributed by atoms with E-state index < -0.39 is 21.2 Å². The fourth-order valence-electron chi connectivity index (χ4n) is 3.65. The molecule has 5 heterocycles. The number of methoxy groups -OCH3 is 1. The van der Waals surface area contributed by atoms with E-state index in [9.17, 15) is 50.4 Å². The Hall–Kier alpha value is -3.97. The first-order valence-corrected chi connectivity index (χ1v) is 18.2. The molecule has 53 heavy (non-hydrogen) atoms. The molecule has 5 rings (SSSR count). The molecule has 0 aliphatic carbocycles. The third-order valence-corrected chi connectivity index (χ3v) is 5.22. The number of rotatable bonds is 5. The van der Waals surface area contributed by atoms with Crippen LogP contribution >= 0.6 is 15.6 Å². The van der Waals surface area contributed by atoms with Crippen molar-refractivity contribution in [3.05, 3.63) is 108 Å². The summed E-state index contributed by atoms with van der Waals surface area (Å²) < 4.78 is 129. The van der Waals surface area contributed by atoms with Gasteiger partial charge in [-0.25, -0.2) is 4.98 Å². The molecule has 0 saturated carbocycles. The van der Waals surface area contributed by atoms with E-state index in [-0.39, 0.29) is 16.8 Å². The summed E-state index contributed by atoms with van der Waals surface area (Å²) in [6.45, 7) is 4.86. The monoisotopic (exact) mass is 857 g/mol. The Morgan fingerprint density at radius 1 is 0.585 bits per heavy atom. The van der Waals surface area contributed by atoms with Gasteiger partial charge in [0.15, 0.2) is 5.60 Å². The van der Waals surface area contributed by atoms with Crippen LogP contribution in [0.3, 0.4) is 0 Å². The zero-order chi connectivity index (χ0) is 40.3. The Morgan fingerprint density at radius 2 is 0.925 bits per heavy atom. The zero-order valence-corrected chi connectivity index (χ0v) is 30.6.